The highest BCUT2D eigenvalue weighted by atomic mass is 35.5. The summed E-state index contributed by atoms with van der Waals surface area (Å²) in [5, 5.41) is 0. The molecule has 50 nitrogen and oxygen atoms in total. The molecule has 6 fully saturated rings. The molecule has 6 aliphatic rings. The molecular formula is C76H103ClO50. The fraction of sp³-hybridized carbons (Fsp3) is 0.750. The molecule has 17 unspecified atom stereocenters. The molecule has 30 atom stereocenters. The number of halogens is 1. The number of ether oxygens (including phenoxy) is 31. The molecule has 6 aliphatic heterocycles. The maximum absolute atomic E-state index is 13.4. The van der Waals surface area contributed by atoms with Gasteiger partial charge in [-0.1, -0.05) is 0 Å². The van der Waals surface area contributed by atoms with Gasteiger partial charge in [0.1, 0.15) is 43.2 Å². The summed E-state index contributed by atoms with van der Waals surface area (Å²) in [4.78, 5) is 248. The van der Waals surface area contributed by atoms with Crippen LogP contribution in [0.2, 0.25) is 0 Å². The van der Waals surface area contributed by atoms with Crippen molar-refractivity contribution in [1.82, 2.24) is 0 Å². The molecule has 6 rings (SSSR count). The number of carbonyl (C=O) groups is 19. The quantitative estimate of drug-likeness (QED) is 0.0367. The van der Waals surface area contributed by atoms with Crippen LogP contribution in [0, 0.1) is 0 Å². The third-order valence-electron chi connectivity index (χ3n) is 17.9. The van der Waals surface area contributed by atoms with Crippen LogP contribution < -0.4 is 0 Å². The third kappa shape index (κ3) is 32.2. The van der Waals surface area contributed by atoms with Crippen LogP contribution in [0.4, 0.5) is 0 Å². The van der Waals surface area contributed by atoms with Crippen molar-refractivity contribution in [2.24, 2.45) is 0 Å². The van der Waals surface area contributed by atoms with E-state index < -0.39 is 337 Å². The fourth-order valence-electron chi connectivity index (χ4n) is 14.0. The minimum atomic E-state index is -2.23. The average molecular weight is 1850 g/mol. The molecule has 0 saturated carbocycles. The van der Waals surface area contributed by atoms with Gasteiger partial charge in [0.05, 0.1) is 39.6 Å². The van der Waals surface area contributed by atoms with E-state index in [1.165, 1.54) is 0 Å². The summed E-state index contributed by atoms with van der Waals surface area (Å²) in [6.07, 6.45) is -58.2. The second-order valence-electron chi connectivity index (χ2n) is 28.6. The number of hydrogen-bond donors (Lipinski definition) is 0. The number of alkyl halides is 1. The van der Waals surface area contributed by atoms with E-state index in [4.69, 9.17) is 158 Å². The van der Waals surface area contributed by atoms with Crippen LogP contribution in [0.1, 0.15) is 132 Å². The molecule has 0 bridgehead atoms. The molecule has 0 aromatic carbocycles. The Bertz CT molecular complexity index is 3860. The van der Waals surface area contributed by atoms with Crippen molar-refractivity contribution in [3.8, 4) is 0 Å². The second-order valence-corrected chi connectivity index (χ2v) is 29.0. The van der Waals surface area contributed by atoms with Gasteiger partial charge in [-0.25, -0.2) is 0 Å². The van der Waals surface area contributed by atoms with E-state index in [0.29, 0.717) is 0 Å². The molecule has 714 valence electrons. The van der Waals surface area contributed by atoms with Crippen LogP contribution in [-0.4, -0.2) is 350 Å². The molecule has 0 aromatic heterocycles. The topological polar surface area (TPSA) is 610 Å². The van der Waals surface area contributed by atoms with Gasteiger partial charge in [-0.15, -0.1) is 11.6 Å². The van der Waals surface area contributed by atoms with Crippen molar-refractivity contribution in [2.75, 3.05) is 52.1 Å². The zero-order chi connectivity index (χ0) is 94.9. The van der Waals surface area contributed by atoms with Crippen LogP contribution in [0.5, 0.6) is 0 Å². The SMILES string of the molecule is CC(=O)OC[C@H]1O[C@@H](OCC2OC(OCC3O[C@@H](OCC4OC(OCC5O[C@@H](OCC6OC(OCCCl)[C@H](OC(C)=O)C(OC(C)=O)[C@@H]6OC(C)=O)C(OC(C)=O)[C@@H](OC(C)=O)C5OC(C)=O)[C@H](OC(C)=O)C(OC(C)=O)[C@@H]4OC(C)=O)C(OC(C)=O)[C@@H](OC(C)=O)C3OC(C)=O)[C@H](OC(C)=O)C(OC(C)=O)[C@@H]2OC(C)=O)C(OC(C)=O)[C@@H](OC(C)=O)C1OC(C)=O. The first-order valence-electron chi connectivity index (χ1n) is 39.0. The van der Waals surface area contributed by atoms with Gasteiger partial charge < -0.3 is 147 Å². The molecule has 0 spiro atoms. The first-order valence-corrected chi connectivity index (χ1v) is 39.5. The van der Waals surface area contributed by atoms with Gasteiger partial charge in [-0.2, -0.15) is 0 Å². The predicted octanol–water partition coefficient (Wildman–Crippen LogP) is -1.99. The number of hydrogen-bond acceptors (Lipinski definition) is 50. The maximum atomic E-state index is 13.4. The molecule has 0 amide bonds. The summed E-state index contributed by atoms with van der Waals surface area (Å²) in [7, 11) is 0. The highest BCUT2D eigenvalue weighted by molar-refractivity contribution is 6.18. The molecule has 0 N–H and O–H groups in total. The Morgan fingerprint density at radius 1 is 0.173 bits per heavy atom. The van der Waals surface area contributed by atoms with Crippen molar-refractivity contribution in [1.29, 1.82) is 0 Å². The van der Waals surface area contributed by atoms with E-state index in [2.05, 4.69) is 0 Å². The van der Waals surface area contributed by atoms with Crippen molar-refractivity contribution < 1.29 is 238 Å². The smallest absolute Gasteiger partial charge is 0.303 e. The lowest BCUT2D eigenvalue weighted by Crippen LogP contribution is -2.66. The Labute approximate surface area is 728 Å². The predicted molar refractivity (Wildman–Crippen MR) is 395 cm³/mol. The van der Waals surface area contributed by atoms with Gasteiger partial charge in [0, 0.05) is 137 Å². The first kappa shape index (κ1) is 106. The standard InChI is InChI=1S/C76H103ClO50/c1-28(78)98-22-47-53(104-29(2)79)60(111-36(9)86)66(117-42(15)92)72(123-47)100-24-49-55(106-31(4)81)62(113-38(11)88)68(119-44(17)94)74(125-49)102-26-51-57(108-33(6)83)64(115-40(13)90)70(121-46(19)96)76(127-51)103-27-52-58(109-34(7)84)63(114-39(12)89)69(120-45(18)95)75(126-52)101-25-50-56(107-32(5)82)61(112-37(10)87)67(118-43(16)93)73(124-50)99-23-48-54(105-30(3)80)59(110-35(8)85)65(116-41(14)91)71(122-48)97-21-20-77/h47-76H,20-27H2,1-19H3/t47-,48?,49?,50?,51?,52?,53?,54-,55-,56?,57?,58-,59?,60+,61+,62?,63?,64+,65-,66?,67?,68-,69-,70?,71?,72-,73-,74?,75?,76-/m1/s1. The Hall–Kier alpha value is -10.3. The lowest BCUT2D eigenvalue weighted by molar-refractivity contribution is -0.354. The summed E-state index contributed by atoms with van der Waals surface area (Å²) < 4.78 is 182. The molecule has 0 radical (unpaired) electrons. The van der Waals surface area contributed by atoms with Crippen LogP contribution in [0.3, 0.4) is 0 Å². The molecule has 6 heterocycles. The van der Waals surface area contributed by atoms with E-state index in [0.717, 1.165) is 132 Å². The Balaban J connectivity index is 1.46. The van der Waals surface area contributed by atoms with E-state index in [-0.39, 0.29) is 12.5 Å². The summed E-state index contributed by atoms with van der Waals surface area (Å²) in [6, 6.07) is 0. The van der Waals surface area contributed by atoms with Gasteiger partial charge in [-0.3, -0.25) is 91.1 Å². The molecule has 6 saturated heterocycles. The fourth-order valence-corrected chi connectivity index (χ4v) is 14.1. The monoisotopic (exact) mass is 1850 g/mol. The summed E-state index contributed by atoms with van der Waals surface area (Å²) >= 11 is 5.96. The Morgan fingerprint density at radius 2 is 0.299 bits per heavy atom. The van der Waals surface area contributed by atoms with Gasteiger partial charge >= 0.3 is 113 Å². The first-order chi connectivity index (χ1) is 59.5. The number of carbonyl (C=O) groups excluding carboxylic acids is 19. The van der Waals surface area contributed by atoms with Crippen molar-refractivity contribution in [2.45, 2.75) is 316 Å². The van der Waals surface area contributed by atoms with Crippen molar-refractivity contribution >= 4 is 125 Å². The Kier molecular flexibility index (Phi) is 41.0. The number of rotatable bonds is 38. The zero-order valence-corrected chi connectivity index (χ0v) is 73.0. The van der Waals surface area contributed by atoms with Gasteiger partial charge in [0.2, 0.25) is 0 Å². The zero-order valence-electron chi connectivity index (χ0n) is 72.3. The van der Waals surface area contributed by atoms with E-state index in [1.807, 2.05) is 0 Å². The normalized spacial score (nSPS) is 32.6. The molecule has 127 heavy (non-hydrogen) atoms. The summed E-state index contributed by atoms with van der Waals surface area (Å²) in [5.41, 5.74) is 0. The van der Waals surface area contributed by atoms with Crippen LogP contribution in [-0.2, 0) is 238 Å². The maximum Gasteiger partial charge on any atom is 0.303 e. The minimum Gasteiger partial charge on any atom is -0.463 e. The largest absolute Gasteiger partial charge is 0.463 e. The average Bonchev–Trinajstić information content (AvgIpc) is 0.781. The van der Waals surface area contributed by atoms with Gasteiger partial charge in [0.15, 0.2) is 148 Å². The van der Waals surface area contributed by atoms with Gasteiger partial charge in [0.25, 0.3) is 0 Å². The van der Waals surface area contributed by atoms with Crippen LogP contribution in [0.25, 0.3) is 0 Å². The molecule has 0 aromatic rings. The molecule has 51 heteroatoms. The Morgan fingerprint density at radius 3 is 0.433 bits per heavy atom. The lowest BCUT2D eigenvalue weighted by atomic mass is 9.96. The summed E-state index contributed by atoms with van der Waals surface area (Å²) in [5.74, 6) is -20.9. The van der Waals surface area contributed by atoms with E-state index >= 15 is 0 Å². The molecular weight excluding hydrogens is 1750 g/mol. The van der Waals surface area contributed by atoms with E-state index in [9.17, 15) is 91.1 Å². The van der Waals surface area contributed by atoms with Gasteiger partial charge in [-0.05, 0) is 0 Å². The van der Waals surface area contributed by atoms with Crippen molar-refractivity contribution in [3.05, 3.63) is 0 Å². The second kappa shape index (κ2) is 49.3. The highest BCUT2D eigenvalue weighted by Crippen LogP contribution is 2.40. The van der Waals surface area contributed by atoms with Crippen LogP contribution >= 0.6 is 11.6 Å². The minimum absolute atomic E-state index is 0.183. The summed E-state index contributed by atoms with van der Waals surface area (Å²) in [6.45, 7) is 11.1. The molecule has 0 aliphatic carbocycles. The highest BCUT2D eigenvalue weighted by Gasteiger charge is 2.62. The van der Waals surface area contributed by atoms with E-state index in [1.54, 1.807) is 0 Å². The van der Waals surface area contributed by atoms with Crippen molar-refractivity contribution in [3.63, 3.8) is 0 Å². The third-order valence-corrected chi connectivity index (χ3v) is 18.1. The van der Waals surface area contributed by atoms with Crippen LogP contribution in [0.15, 0.2) is 0 Å². The lowest BCUT2D eigenvalue weighted by Gasteiger charge is -2.48. The number of esters is 19.